The number of rotatable bonds is 4. The molecule has 3 rings (SSSR count). The topological polar surface area (TPSA) is 68.0 Å². The number of fused-ring (bicyclic) bond motifs is 1. The van der Waals surface area contributed by atoms with Crippen molar-refractivity contribution in [2.45, 2.75) is 38.1 Å². The molecule has 1 aliphatic carbocycles. The van der Waals surface area contributed by atoms with Gasteiger partial charge in [0, 0.05) is 24.2 Å². The van der Waals surface area contributed by atoms with Crippen LogP contribution in [-0.4, -0.2) is 23.5 Å². The quantitative estimate of drug-likeness (QED) is 0.862. The Hall–Kier alpha value is -1.36. The molecule has 0 radical (unpaired) electrons. The first kappa shape index (κ1) is 20.7. The third-order valence-electron chi connectivity index (χ3n) is 4.67. The van der Waals surface area contributed by atoms with Gasteiger partial charge in [0.25, 0.3) is 5.91 Å². The zero-order valence-electron chi connectivity index (χ0n) is 13.6. The maximum absolute atomic E-state index is 12.7. The van der Waals surface area contributed by atoms with Crippen molar-refractivity contribution in [1.82, 2.24) is 10.3 Å². The van der Waals surface area contributed by atoms with Gasteiger partial charge in [-0.1, -0.05) is 37.5 Å². The molecular weight excluding hydrogens is 345 g/mol. The Morgan fingerprint density at radius 1 is 1.17 bits per heavy atom. The van der Waals surface area contributed by atoms with Gasteiger partial charge in [-0.3, -0.25) is 9.78 Å². The minimum atomic E-state index is -0.0645. The summed E-state index contributed by atoms with van der Waals surface area (Å²) in [5, 5.41) is 4.12. The molecule has 1 aliphatic rings. The van der Waals surface area contributed by atoms with Crippen LogP contribution in [0.15, 0.2) is 36.5 Å². The van der Waals surface area contributed by atoms with Gasteiger partial charge in [-0.15, -0.1) is 24.8 Å². The van der Waals surface area contributed by atoms with Crippen LogP contribution in [0.5, 0.6) is 0 Å². The lowest BCUT2D eigenvalue weighted by Gasteiger charge is -2.30. The first-order chi connectivity index (χ1) is 10.8. The third kappa shape index (κ3) is 4.59. The molecule has 0 spiro atoms. The Balaban J connectivity index is 0.00000144. The molecule has 1 unspecified atom stereocenters. The molecule has 24 heavy (non-hydrogen) atoms. The fourth-order valence-corrected chi connectivity index (χ4v) is 3.44. The van der Waals surface area contributed by atoms with Gasteiger partial charge in [0.15, 0.2) is 0 Å². The summed E-state index contributed by atoms with van der Waals surface area (Å²) < 4.78 is 0. The molecule has 0 bridgehead atoms. The van der Waals surface area contributed by atoms with E-state index >= 15 is 0 Å². The summed E-state index contributed by atoms with van der Waals surface area (Å²) in [4.78, 5) is 17.0. The second-order valence-electron chi connectivity index (χ2n) is 6.09. The maximum atomic E-state index is 12.7. The Bertz CT molecular complexity index is 654. The van der Waals surface area contributed by atoms with Crippen LogP contribution in [0.1, 0.15) is 42.5 Å². The molecule has 4 nitrogen and oxygen atoms in total. The first-order valence-corrected chi connectivity index (χ1v) is 8.14. The van der Waals surface area contributed by atoms with Crippen molar-refractivity contribution < 1.29 is 4.79 Å². The molecule has 132 valence electrons. The van der Waals surface area contributed by atoms with Crippen molar-refractivity contribution in [2.75, 3.05) is 6.54 Å². The SMILES string of the molecule is Cl.Cl.NCC(NC(=O)c1cccc2cccnc12)C1CCCCC1. The average molecular weight is 370 g/mol. The smallest absolute Gasteiger partial charge is 0.253 e. The van der Waals surface area contributed by atoms with Crippen LogP contribution in [-0.2, 0) is 0 Å². The molecule has 0 saturated heterocycles. The third-order valence-corrected chi connectivity index (χ3v) is 4.67. The summed E-state index contributed by atoms with van der Waals surface area (Å²) in [5.41, 5.74) is 7.30. The zero-order valence-corrected chi connectivity index (χ0v) is 15.2. The number of hydrogen-bond donors (Lipinski definition) is 2. The average Bonchev–Trinajstić information content (AvgIpc) is 2.59. The summed E-state index contributed by atoms with van der Waals surface area (Å²) in [6.07, 6.45) is 7.83. The van der Waals surface area contributed by atoms with Gasteiger partial charge in [-0.25, -0.2) is 0 Å². The van der Waals surface area contributed by atoms with E-state index < -0.39 is 0 Å². The van der Waals surface area contributed by atoms with Crippen LogP contribution in [0.4, 0.5) is 0 Å². The van der Waals surface area contributed by atoms with Crippen molar-refractivity contribution >= 4 is 41.6 Å². The molecule has 1 fully saturated rings. The lowest BCUT2D eigenvalue weighted by atomic mass is 9.84. The second kappa shape index (κ2) is 9.82. The van der Waals surface area contributed by atoms with Crippen LogP contribution < -0.4 is 11.1 Å². The molecule has 3 N–H and O–H groups in total. The van der Waals surface area contributed by atoms with E-state index in [1.54, 1.807) is 6.20 Å². The second-order valence-corrected chi connectivity index (χ2v) is 6.09. The summed E-state index contributed by atoms with van der Waals surface area (Å²) in [5.74, 6) is 0.441. The summed E-state index contributed by atoms with van der Waals surface area (Å²) in [6, 6.07) is 9.62. The van der Waals surface area contributed by atoms with E-state index in [0.717, 1.165) is 23.7 Å². The van der Waals surface area contributed by atoms with E-state index in [4.69, 9.17) is 5.73 Å². The van der Waals surface area contributed by atoms with Gasteiger partial charge in [0.2, 0.25) is 0 Å². The Kier molecular flexibility index (Phi) is 8.46. The monoisotopic (exact) mass is 369 g/mol. The predicted molar refractivity (Wildman–Crippen MR) is 103 cm³/mol. The van der Waals surface area contributed by atoms with Gasteiger partial charge >= 0.3 is 0 Å². The number of nitrogens with zero attached hydrogens (tertiary/aromatic N) is 1. The molecule has 6 heteroatoms. The van der Waals surface area contributed by atoms with Gasteiger partial charge in [0.1, 0.15) is 0 Å². The van der Waals surface area contributed by atoms with E-state index in [-0.39, 0.29) is 36.8 Å². The van der Waals surface area contributed by atoms with E-state index in [9.17, 15) is 4.79 Å². The standard InChI is InChI=1S/C18H23N3O.2ClH/c19-12-16(13-6-2-1-3-7-13)21-18(22)15-10-4-8-14-9-5-11-20-17(14)15;;/h4-5,8-11,13,16H,1-3,6-7,12,19H2,(H,21,22);2*1H. The predicted octanol–water partition coefficient (Wildman–Crippen LogP) is 3.72. The van der Waals surface area contributed by atoms with E-state index in [1.165, 1.54) is 19.3 Å². The minimum absolute atomic E-state index is 0. The van der Waals surface area contributed by atoms with Crippen molar-refractivity contribution in [3.05, 3.63) is 42.1 Å². The molecule has 1 saturated carbocycles. The van der Waals surface area contributed by atoms with Crippen molar-refractivity contribution in [1.29, 1.82) is 0 Å². The summed E-state index contributed by atoms with van der Waals surface area (Å²) in [6.45, 7) is 0.495. The number of pyridine rings is 1. The Labute approximate surface area is 155 Å². The number of carbonyl (C=O) groups is 1. The number of halogens is 2. The van der Waals surface area contributed by atoms with E-state index in [1.807, 2.05) is 30.3 Å². The van der Waals surface area contributed by atoms with Crippen molar-refractivity contribution in [3.8, 4) is 0 Å². The molecule has 2 aromatic rings. The van der Waals surface area contributed by atoms with Crippen LogP contribution >= 0.6 is 24.8 Å². The normalized spacial score (nSPS) is 15.9. The van der Waals surface area contributed by atoms with E-state index in [2.05, 4.69) is 10.3 Å². The fraction of sp³-hybridized carbons (Fsp3) is 0.444. The highest BCUT2D eigenvalue weighted by atomic mass is 35.5. The number of carbonyl (C=O) groups excluding carboxylic acids is 1. The Morgan fingerprint density at radius 3 is 2.58 bits per heavy atom. The number of aromatic nitrogens is 1. The number of para-hydroxylation sites is 1. The summed E-state index contributed by atoms with van der Waals surface area (Å²) >= 11 is 0. The molecule has 0 aliphatic heterocycles. The van der Waals surface area contributed by atoms with Gasteiger partial charge in [-0.05, 0) is 30.9 Å². The number of benzene rings is 1. The molecule has 1 amide bonds. The highest BCUT2D eigenvalue weighted by Gasteiger charge is 2.24. The van der Waals surface area contributed by atoms with Gasteiger partial charge < -0.3 is 11.1 Å². The molecular formula is C18H25Cl2N3O. The lowest BCUT2D eigenvalue weighted by Crippen LogP contribution is -2.46. The van der Waals surface area contributed by atoms with Gasteiger partial charge in [0.05, 0.1) is 11.1 Å². The molecule has 1 atom stereocenters. The van der Waals surface area contributed by atoms with Crippen LogP contribution in [0.3, 0.4) is 0 Å². The van der Waals surface area contributed by atoms with Crippen LogP contribution in [0.25, 0.3) is 10.9 Å². The highest BCUT2D eigenvalue weighted by molar-refractivity contribution is 6.05. The zero-order chi connectivity index (χ0) is 15.4. The van der Waals surface area contributed by atoms with Crippen molar-refractivity contribution in [2.24, 2.45) is 11.7 Å². The fourth-order valence-electron chi connectivity index (χ4n) is 3.44. The molecule has 1 aromatic carbocycles. The first-order valence-electron chi connectivity index (χ1n) is 8.14. The number of hydrogen-bond acceptors (Lipinski definition) is 3. The van der Waals surface area contributed by atoms with Crippen LogP contribution in [0.2, 0.25) is 0 Å². The largest absolute Gasteiger partial charge is 0.348 e. The minimum Gasteiger partial charge on any atom is -0.348 e. The van der Waals surface area contributed by atoms with Gasteiger partial charge in [-0.2, -0.15) is 0 Å². The molecule has 1 aromatic heterocycles. The number of nitrogens with one attached hydrogen (secondary N) is 1. The number of nitrogens with two attached hydrogens (primary N) is 1. The maximum Gasteiger partial charge on any atom is 0.253 e. The summed E-state index contributed by atoms with van der Waals surface area (Å²) in [7, 11) is 0. The van der Waals surface area contributed by atoms with E-state index in [0.29, 0.717) is 18.0 Å². The lowest BCUT2D eigenvalue weighted by molar-refractivity contribution is 0.0917. The van der Waals surface area contributed by atoms with Crippen molar-refractivity contribution in [3.63, 3.8) is 0 Å². The molecule has 1 heterocycles. The van der Waals surface area contributed by atoms with Crippen LogP contribution in [0, 0.1) is 5.92 Å². The Morgan fingerprint density at radius 2 is 1.88 bits per heavy atom. The highest BCUT2D eigenvalue weighted by Crippen LogP contribution is 2.26. The number of amides is 1.